The van der Waals surface area contributed by atoms with Crippen molar-refractivity contribution in [2.24, 2.45) is 10.3 Å². The third kappa shape index (κ3) is 5.87. The van der Waals surface area contributed by atoms with Crippen LogP contribution in [-0.2, 0) is 19.5 Å². The summed E-state index contributed by atoms with van der Waals surface area (Å²) >= 11 is 4.40. The van der Waals surface area contributed by atoms with Gasteiger partial charge in [0.15, 0.2) is 15.7 Å². The number of anilines is 1. The quantitative estimate of drug-likeness (QED) is 0.208. The van der Waals surface area contributed by atoms with Gasteiger partial charge in [0.2, 0.25) is 0 Å². The van der Waals surface area contributed by atoms with Crippen LogP contribution in [0.2, 0.25) is 0 Å². The van der Waals surface area contributed by atoms with E-state index in [1.54, 1.807) is 56.3 Å². The van der Waals surface area contributed by atoms with Crippen LogP contribution < -0.4 is 9.46 Å². The van der Waals surface area contributed by atoms with Gasteiger partial charge in [-0.1, -0.05) is 54.0 Å². The average Bonchev–Trinajstić information content (AvgIpc) is 2.79. The summed E-state index contributed by atoms with van der Waals surface area (Å²) in [6.07, 6.45) is 0. The molecule has 0 saturated carbocycles. The largest absolute Gasteiger partial charge is 0.481 e. The van der Waals surface area contributed by atoms with Gasteiger partial charge in [-0.3, -0.25) is 14.3 Å². The first-order valence-corrected chi connectivity index (χ1v) is 13.2. The number of benzene rings is 3. The van der Waals surface area contributed by atoms with Crippen molar-refractivity contribution in [3.05, 3.63) is 59.1 Å². The number of hydrogen-bond donors (Lipinski definition) is 2. The molecular formula is C23H23BrN2O5S2. The highest BCUT2D eigenvalue weighted by atomic mass is 79.9. The van der Waals surface area contributed by atoms with Crippen LogP contribution in [0.25, 0.3) is 10.8 Å². The van der Waals surface area contributed by atoms with Gasteiger partial charge in [0, 0.05) is 22.3 Å². The number of carboxylic acids is 1. The molecule has 3 aromatic carbocycles. The summed E-state index contributed by atoms with van der Waals surface area (Å²) in [5.74, 6) is -1.76. The SMILES string of the molecule is CN=S(=O)(Nc1cc(SCC(=O)O)c(OC(=O)C(C)C)c2ccccc12)c1ccc(Br)cc1. The molecule has 0 fully saturated rings. The van der Waals surface area contributed by atoms with Crippen LogP contribution in [-0.4, -0.2) is 34.1 Å². The van der Waals surface area contributed by atoms with Crippen LogP contribution in [0.5, 0.6) is 5.75 Å². The molecule has 2 N–H and O–H groups in total. The van der Waals surface area contributed by atoms with E-state index >= 15 is 0 Å². The number of fused-ring (bicyclic) bond motifs is 1. The Hall–Kier alpha value is -2.56. The highest BCUT2D eigenvalue weighted by molar-refractivity contribution is 9.10. The first-order valence-electron chi connectivity index (χ1n) is 9.95. The van der Waals surface area contributed by atoms with Crippen LogP contribution in [0, 0.1) is 5.92 Å². The zero-order valence-corrected chi connectivity index (χ0v) is 21.4. The van der Waals surface area contributed by atoms with Crippen molar-refractivity contribution in [2.45, 2.75) is 23.6 Å². The molecule has 0 aliphatic rings. The maximum absolute atomic E-state index is 13.7. The summed E-state index contributed by atoms with van der Waals surface area (Å²) in [5.41, 5.74) is 0.487. The number of carboxylic acid groups (broad SMARTS) is 1. The molecule has 1 atom stereocenters. The Morgan fingerprint density at radius 3 is 2.36 bits per heavy atom. The van der Waals surface area contributed by atoms with E-state index in [1.165, 1.54) is 7.05 Å². The predicted molar refractivity (Wildman–Crippen MR) is 135 cm³/mol. The lowest BCUT2D eigenvalue weighted by Crippen LogP contribution is -2.16. The Labute approximate surface area is 205 Å². The lowest BCUT2D eigenvalue weighted by Gasteiger charge is -2.19. The molecule has 1 unspecified atom stereocenters. The summed E-state index contributed by atoms with van der Waals surface area (Å²) in [7, 11) is -1.57. The number of nitrogens with zero attached hydrogens (tertiary/aromatic N) is 1. The number of carbonyl (C=O) groups excluding carboxylic acids is 1. The number of esters is 1. The summed E-state index contributed by atoms with van der Waals surface area (Å²) in [5, 5.41) is 10.5. The molecule has 0 spiro atoms. The number of ether oxygens (including phenoxy) is 1. The molecule has 3 rings (SSSR count). The third-order valence-electron chi connectivity index (χ3n) is 4.62. The molecule has 0 aromatic heterocycles. The molecule has 0 radical (unpaired) electrons. The van der Waals surface area contributed by atoms with Gasteiger partial charge in [0.25, 0.3) is 0 Å². The van der Waals surface area contributed by atoms with E-state index in [2.05, 4.69) is 25.0 Å². The highest BCUT2D eigenvalue weighted by Gasteiger charge is 2.21. The van der Waals surface area contributed by atoms with Crippen molar-refractivity contribution in [1.29, 1.82) is 0 Å². The molecule has 7 nitrogen and oxygen atoms in total. The second-order valence-corrected chi connectivity index (χ2v) is 11.3. The number of thioether (sulfide) groups is 1. The third-order valence-corrected chi connectivity index (χ3v) is 8.08. The summed E-state index contributed by atoms with van der Waals surface area (Å²) in [6.45, 7) is 3.45. The van der Waals surface area contributed by atoms with Crippen LogP contribution in [0.1, 0.15) is 13.8 Å². The van der Waals surface area contributed by atoms with Gasteiger partial charge in [-0.25, -0.2) is 8.57 Å². The zero-order chi connectivity index (χ0) is 24.2. The Morgan fingerprint density at radius 1 is 1.15 bits per heavy atom. The topological polar surface area (TPSA) is 105 Å². The Balaban J connectivity index is 2.19. The van der Waals surface area contributed by atoms with E-state index in [4.69, 9.17) is 4.74 Å². The van der Waals surface area contributed by atoms with Crippen LogP contribution >= 0.6 is 27.7 Å². The van der Waals surface area contributed by atoms with Crippen molar-refractivity contribution in [3.63, 3.8) is 0 Å². The van der Waals surface area contributed by atoms with Crippen molar-refractivity contribution < 1.29 is 23.6 Å². The second-order valence-electron chi connectivity index (χ2n) is 7.32. The molecule has 0 saturated heterocycles. The standard InChI is InChI=1S/C23H23BrN2O5S2/c1-14(2)23(29)31-22-18-7-5-4-6-17(18)19(12-20(22)32-13-21(27)28)26-33(30,25-3)16-10-8-15(24)9-11-16/h4-12,14H,13H2,1-3H3,(H,27,28)(H,25,26,30). The lowest BCUT2D eigenvalue weighted by atomic mass is 10.1. The van der Waals surface area contributed by atoms with Crippen LogP contribution in [0.15, 0.2) is 73.2 Å². The van der Waals surface area contributed by atoms with Crippen molar-refractivity contribution in [2.75, 3.05) is 17.5 Å². The number of hydrogen-bond acceptors (Lipinski definition) is 6. The maximum atomic E-state index is 13.7. The zero-order valence-electron chi connectivity index (χ0n) is 18.2. The molecule has 0 aliphatic heterocycles. The first kappa shape index (κ1) is 25.1. The number of aliphatic carboxylic acids is 1. The minimum atomic E-state index is -3.04. The fourth-order valence-corrected chi connectivity index (χ4v) is 5.38. The lowest BCUT2D eigenvalue weighted by molar-refractivity contribution is -0.138. The van der Waals surface area contributed by atoms with Gasteiger partial charge >= 0.3 is 11.9 Å². The van der Waals surface area contributed by atoms with E-state index in [1.807, 2.05) is 12.1 Å². The molecule has 0 heterocycles. The fourth-order valence-electron chi connectivity index (χ4n) is 2.96. The molecule has 0 bridgehead atoms. The predicted octanol–water partition coefficient (Wildman–Crippen LogP) is 5.82. The van der Waals surface area contributed by atoms with Gasteiger partial charge in [-0.2, -0.15) is 0 Å². The first-order chi connectivity index (χ1) is 15.6. The highest BCUT2D eigenvalue weighted by Crippen LogP contribution is 2.42. The maximum Gasteiger partial charge on any atom is 0.313 e. The van der Waals surface area contributed by atoms with Gasteiger partial charge in [0.1, 0.15) is 0 Å². The normalized spacial score (nSPS) is 12.9. The number of halogens is 1. The summed E-state index contributed by atoms with van der Waals surface area (Å²) in [4.78, 5) is 24.6. The van der Waals surface area contributed by atoms with Crippen LogP contribution in [0.3, 0.4) is 0 Å². The molecule has 174 valence electrons. The van der Waals surface area contributed by atoms with Gasteiger partial charge in [-0.15, -0.1) is 11.8 Å². The number of carbonyl (C=O) groups is 2. The summed E-state index contributed by atoms with van der Waals surface area (Å²) < 4.78 is 27.5. The van der Waals surface area contributed by atoms with Gasteiger partial charge < -0.3 is 9.84 Å². The Morgan fingerprint density at radius 2 is 1.79 bits per heavy atom. The minimum Gasteiger partial charge on any atom is -0.481 e. The van der Waals surface area contributed by atoms with Gasteiger partial charge in [-0.05, 0) is 30.3 Å². The van der Waals surface area contributed by atoms with Crippen LogP contribution in [0.4, 0.5) is 5.69 Å². The second kappa shape index (κ2) is 10.6. The molecule has 0 aliphatic carbocycles. The van der Waals surface area contributed by atoms with Gasteiger partial charge in [0.05, 0.1) is 27.1 Å². The van der Waals surface area contributed by atoms with Crippen molar-refractivity contribution in [1.82, 2.24) is 0 Å². The van der Waals surface area contributed by atoms with E-state index < -0.39 is 21.9 Å². The average molecular weight is 551 g/mol. The molecule has 0 amide bonds. The molecule has 3 aromatic rings. The van der Waals surface area contributed by atoms with Crippen molar-refractivity contribution >= 4 is 66.0 Å². The molecular weight excluding hydrogens is 528 g/mol. The fraction of sp³-hybridized carbons (Fsp3) is 0.217. The van der Waals surface area contributed by atoms with E-state index in [0.717, 1.165) is 16.2 Å². The summed E-state index contributed by atoms with van der Waals surface area (Å²) in [6, 6.07) is 15.8. The van der Waals surface area contributed by atoms with E-state index in [-0.39, 0.29) is 17.4 Å². The molecule has 33 heavy (non-hydrogen) atoms. The minimum absolute atomic E-state index is 0.232. The monoisotopic (exact) mass is 550 g/mol. The van der Waals surface area contributed by atoms with E-state index in [0.29, 0.717) is 26.3 Å². The molecule has 10 heteroatoms. The number of nitrogens with one attached hydrogen (secondary N) is 1. The van der Waals surface area contributed by atoms with E-state index in [9.17, 15) is 18.9 Å². The van der Waals surface area contributed by atoms with Crippen molar-refractivity contribution in [3.8, 4) is 5.75 Å². The Kier molecular flexibility index (Phi) is 8.04. The smallest absolute Gasteiger partial charge is 0.313 e. The number of rotatable bonds is 8. The Bertz CT molecular complexity index is 1320.